The molecule has 0 bridgehead atoms. The Morgan fingerprint density at radius 1 is 1.75 bits per heavy atom. The number of azide groups is 1. The molecule has 0 fully saturated rings. The van der Waals surface area contributed by atoms with Crippen LogP contribution in [0.15, 0.2) is 11.3 Å². The minimum absolute atomic E-state index is 0.289. The molecule has 0 aliphatic rings. The van der Waals surface area contributed by atoms with Gasteiger partial charge in [0.2, 0.25) is 0 Å². The van der Waals surface area contributed by atoms with Crippen LogP contribution in [-0.2, 0) is 18.2 Å². The molecule has 7 nitrogen and oxygen atoms in total. The van der Waals surface area contributed by atoms with Gasteiger partial charge in [0.05, 0.1) is 6.61 Å². The number of aromatic nitrogens is 2. The highest BCUT2D eigenvalue weighted by Crippen LogP contribution is 2.09. The molecule has 0 atom stereocenters. The maximum absolute atomic E-state index is 11.5. The fourth-order valence-corrected chi connectivity index (χ4v) is 1.31. The number of nitrogens with zero attached hydrogens (tertiary/aromatic N) is 5. The number of carbonyl (C=O) groups excluding carboxylic acids is 1. The van der Waals surface area contributed by atoms with E-state index >= 15 is 0 Å². The van der Waals surface area contributed by atoms with Crippen molar-refractivity contribution in [1.82, 2.24) is 9.78 Å². The standard InChI is InChI=1S/C9H13N5O2/c1-3-16-9(15)8-7(4-5-11-13-10)6-14(2)12-8/h6H,3-5H2,1-2H3. The predicted molar refractivity (Wildman–Crippen MR) is 56.9 cm³/mol. The van der Waals surface area contributed by atoms with Crippen LogP contribution in [0.1, 0.15) is 23.0 Å². The summed E-state index contributed by atoms with van der Waals surface area (Å²) in [7, 11) is 1.72. The summed E-state index contributed by atoms with van der Waals surface area (Å²) in [6, 6.07) is 0. The smallest absolute Gasteiger partial charge is 0.359 e. The minimum atomic E-state index is -0.445. The van der Waals surface area contributed by atoms with Crippen LogP contribution < -0.4 is 0 Å². The highest BCUT2D eigenvalue weighted by Gasteiger charge is 2.16. The Morgan fingerprint density at radius 3 is 3.12 bits per heavy atom. The van der Waals surface area contributed by atoms with Crippen molar-refractivity contribution in [3.8, 4) is 0 Å². The molecule has 1 aromatic rings. The second kappa shape index (κ2) is 5.77. The van der Waals surface area contributed by atoms with E-state index in [1.165, 1.54) is 4.68 Å². The molecule has 1 heterocycles. The molecule has 0 saturated heterocycles. The van der Waals surface area contributed by atoms with Gasteiger partial charge in [0.1, 0.15) is 0 Å². The first-order chi connectivity index (χ1) is 7.69. The molecule has 0 saturated carbocycles. The summed E-state index contributed by atoms with van der Waals surface area (Å²) in [4.78, 5) is 14.2. The van der Waals surface area contributed by atoms with E-state index in [2.05, 4.69) is 15.1 Å². The van der Waals surface area contributed by atoms with Crippen molar-refractivity contribution in [1.29, 1.82) is 0 Å². The fraction of sp³-hybridized carbons (Fsp3) is 0.556. The van der Waals surface area contributed by atoms with Crippen molar-refractivity contribution in [2.24, 2.45) is 12.2 Å². The van der Waals surface area contributed by atoms with Crippen LogP contribution in [0.4, 0.5) is 0 Å². The highest BCUT2D eigenvalue weighted by molar-refractivity contribution is 5.88. The molecule has 0 amide bonds. The number of hydrogen-bond donors (Lipinski definition) is 0. The predicted octanol–water partition coefficient (Wildman–Crippen LogP) is 1.45. The monoisotopic (exact) mass is 223 g/mol. The lowest BCUT2D eigenvalue weighted by atomic mass is 10.2. The van der Waals surface area contributed by atoms with Gasteiger partial charge in [-0.05, 0) is 18.9 Å². The Hall–Kier alpha value is -2.01. The van der Waals surface area contributed by atoms with Crippen LogP contribution in [-0.4, -0.2) is 28.9 Å². The third-order valence-corrected chi connectivity index (χ3v) is 1.92. The SMILES string of the molecule is CCOC(=O)c1nn(C)cc1CCN=[N+]=[N-]. The van der Waals surface area contributed by atoms with Crippen molar-refractivity contribution in [3.63, 3.8) is 0 Å². The van der Waals surface area contributed by atoms with Gasteiger partial charge in [-0.25, -0.2) is 4.79 Å². The third kappa shape index (κ3) is 2.99. The minimum Gasteiger partial charge on any atom is -0.461 e. The maximum atomic E-state index is 11.5. The first-order valence-corrected chi connectivity index (χ1v) is 4.89. The first kappa shape index (κ1) is 12.1. The van der Waals surface area contributed by atoms with Crippen molar-refractivity contribution in [2.45, 2.75) is 13.3 Å². The summed E-state index contributed by atoms with van der Waals surface area (Å²) in [5.74, 6) is -0.445. The highest BCUT2D eigenvalue weighted by atomic mass is 16.5. The number of carbonyl (C=O) groups is 1. The lowest BCUT2D eigenvalue weighted by Crippen LogP contribution is -2.09. The fourth-order valence-electron chi connectivity index (χ4n) is 1.31. The van der Waals surface area contributed by atoms with Crippen LogP contribution >= 0.6 is 0 Å². The molecule has 0 aliphatic carbocycles. The maximum Gasteiger partial charge on any atom is 0.359 e. The molecular weight excluding hydrogens is 210 g/mol. The van der Waals surface area contributed by atoms with Crippen LogP contribution in [0, 0.1) is 0 Å². The number of rotatable bonds is 5. The Kier molecular flexibility index (Phi) is 4.35. The molecule has 0 spiro atoms. The molecule has 1 aromatic heterocycles. The van der Waals surface area contributed by atoms with Crippen molar-refractivity contribution >= 4 is 5.97 Å². The first-order valence-electron chi connectivity index (χ1n) is 4.89. The number of hydrogen-bond acceptors (Lipinski definition) is 4. The molecule has 0 unspecified atom stereocenters. The topological polar surface area (TPSA) is 92.9 Å². The average Bonchev–Trinajstić information content (AvgIpc) is 2.61. The van der Waals surface area contributed by atoms with Gasteiger partial charge in [-0.1, -0.05) is 5.11 Å². The Labute approximate surface area is 92.6 Å². The van der Waals surface area contributed by atoms with Gasteiger partial charge in [-0.3, -0.25) is 4.68 Å². The van der Waals surface area contributed by atoms with Crippen molar-refractivity contribution in [3.05, 3.63) is 27.9 Å². The van der Waals surface area contributed by atoms with E-state index in [9.17, 15) is 4.79 Å². The summed E-state index contributed by atoms with van der Waals surface area (Å²) < 4.78 is 6.41. The molecule has 16 heavy (non-hydrogen) atoms. The van der Waals surface area contributed by atoms with Crippen LogP contribution in [0.3, 0.4) is 0 Å². The summed E-state index contributed by atoms with van der Waals surface area (Å²) in [6.45, 7) is 2.35. The van der Waals surface area contributed by atoms with Gasteiger partial charge in [-0.2, -0.15) is 5.10 Å². The Morgan fingerprint density at radius 2 is 2.50 bits per heavy atom. The molecule has 86 valence electrons. The summed E-state index contributed by atoms with van der Waals surface area (Å²) in [6.07, 6.45) is 2.20. The van der Waals surface area contributed by atoms with E-state index in [4.69, 9.17) is 10.3 Å². The summed E-state index contributed by atoms with van der Waals surface area (Å²) >= 11 is 0. The largest absolute Gasteiger partial charge is 0.461 e. The second-order valence-electron chi connectivity index (χ2n) is 3.10. The normalized spacial score (nSPS) is 9.62. The van der Waals surface area contributed by atoms with E-state index < -0.39 is 5.97 Å². The van der Waals surface area contributed by atoms with Gasteiger partial charge in [0.15, 0.2) is 5.69 Å². The van der Waals surface area contributed by atoms with Gasteiger partial charge in [0, 0.05) is 30.3 Å². The van der Waals surface area contributed by atoms with Crippen molar-refractivity contribution < 1.29 is 9.53 Å². The van der Waals surface area contributed by atoms with Gasteiger partial charge < -0.3 is 4.74 Å². The van der Waals surface area contributed by atoms with E-state index in [0.29, 0.717) is 19.6 Å². The Balaban J connectivity index is 2.82. The average molecular weight is 223 g/mol. The molecule has 1 rings (SSSR count). The third-order valence-electron chi connectivity index (χ3n) is 1.92. The molecule has 0 aromatic carbocycles. The zero-order valence-corrected chi connectivity index (χ0v) is 9.25. The molecule has 0 aliphatic heterocycles. The summed E-state index contributed by atoms with van der Waals surface area (Å²) in [5, 5.41) is 7.43. The zero-order chi connectivity index (χ0) is 12.0. The van der Waals surface area contributed by atoms with E-state index in [1.54, 1.807) is 20.2 Å². The van der Waals surface area contributed by atoms with Crippen molar-refractivity contribution in [2.75, 3.05) is 13.2 Å². The number of esters is 1. The Bertz CT molecular complexity index is 420. The van der Waals surface area contributed by atoms with Crippen LogP contribution in [0.2, 0.25) is 0 Å². The molecule has 0 N–H and O–H groups in total. The lowest BCUT2D eigenvalue weighted by Gasteiger charge is -2.00. The molecule has 7 heteroatoms. The zero-order valence-electron chi connectivity index (χ0n) is 9.25. The quantitative estimate of drug-likeness (QED) is 0.327. The van der Waals surface area contributed by atoms with Gasteiger partial charge >= 0.3 is 5.97 Å². The lowest BCUT2D eigenvalue weighted by molar-refractivity contribution is 0.0517. The van der Waals surface area contributed by atoms with Gasteiger partial charge in [0.25, 0.3) is 0 Å². The second-order valence-corrected chi connectivity index (χ2v) is 3.10. The van der Waals surface area contributed by atoms with E-state index in [1.807, 2.05) is 0 Å². The van der Waals surface area contributed by atoms with E-state index in [-0.39, 0.29) is 5.69 Å². The molecular formula is C9H13N5O2. The molecule has 0 radical (unpaired) electrons. The van der Waals surface area contributed by atoms with E-state index in [0.717, 1.165) is 5.56 Å². The van der Waals surface area contributed by atoms with Gasteiger partial charge in [-0.15, -0.1) is 0 Å². The number of aryl methyl sites for hydroxylation is 1. The van der Waals surface area contributed by atoms with Crippen LogP contribution in [0.5, 0.6) is 0 Å². The number of ether oxygens (including phenoxy) is 1. The van der Waals surface area contributed by atoms with Crippen LogP contribution in [0.25, 0.3) is 10.4 Å². The summed E-state index contributed by atoms with van der Waals surface area (Å²) in [5.41, 5.74) is 9.18.